The van der Waals surface area contributed by atoms with Gasteiger partial charge in [-0.15, -0.1) is 0 Å². The number of pyridine rings is 1. The van der Waals surface area contributed by atoms with Crippen LogP contribution in [-0.2, 0) is 5.41 Å². The molecule has 0 unspecified atom stereocenters. The van der Waals surface area contributed by atoms with Crippen molar-refractivity contribution >= 4 is 17.5 Å². The van der Waals surface area contributed by atoms with Gasteiger partial charge in [-0.25, -0.2) is 4.98 Å². The van der Waals surface area contributed by atoms with Gasteiger partial charge in [0.1, 0.15) is 11.5 Å². The van der Waals surface area contributed by atoms with E-state index in [1.54, 1.807) is 18.3 Å². The Balaban J connectivity index is 2.60. The zero-order valence-electron chi connectivity index (χ0n) is 10.5. The van der Waals surface area contributed by atoms with Crippen molar-refractivity contribution in [3.8, 4) is 11.5 Å². The van der Waals surface area contributed by atoms with E-state index in [0.29, 0.717) is 22.4 Å². The first kappa shape index (κ1) is 12.7. The number of aromatic nitrogens is 4. The quantitative estimate of drug-likeness (QED) is 0.855. The number of hydrogen-bond acceptors (Lipinski definition) is 5. The summed E-state index contributed by atoms with van der Waals surface area (Å²) in [5.41, 5.74) is 6.01. The Morgan fingerprint density at radius 2 is 1.89 bits per heavy atom. The van der Waals surface area contributed by atoms with Gasteiger partial charge in [0.05, 0.1) is 5.02 Å². The summed E-state index contributed by atoms with van der Waals surface area (Å²) in [4.78, 5) is 16.8. The van der Waals surface area contributed by atoms with Gasteiger partial charge in [0.15, 0.2) is 5.82 Å². The molecule has 2 heterocycles. The van der Waals surface area contributed by atoms with Gasteiger partial charge in [0, 0.05) is 11.6 Å². The first-order valence-corrected chi connectivity index (χ1v) is 5.88. The highest BCUT2D eigenvalue weighted by Gasteiger charge is 2.20. The molecule has 2 rings (SSSR count). The fourth-order valence-corrected chi connectivity index (χ4v) is 1.59. The Morgan fingerprint density at radius 1 is 1.17 bits per heavy atom. The predicted octanol–water partition coefficient (Wildman–Crippen LogP) is 2.47. The predicted molar refractivity (Wildman–Crippen MR) is 71.2 cm³/mol. The molecule has 94 valence electrons. The van der Waals surface area contributed by atoms with Gasteiger partial charge >= 0.3 is 0 Å². The van der Waals surface area contributed by atoms with Gasteiger partial charge in [-0.3, -0.25) is 4.98 Å². The minimum absolute atomic E-state index is 0.173. The highest BCUT2D eigenvalue weighted by molar-refractivity contribution is 6.32. The van der Waals surface area contributed by atoms with E-state index in [1.807, 2.05) is 20.8 Å². The summed E-state index contributed by atoms with van der Waals surface area (Å²) in [5.74, 6) is 1.19. The maximum atomic E-state index is 6.07. The van der Waals surface area contributed by atoms with E-state index < -0.39 is 0 Å². The first-order chi connectivity index (χ1) is 8.38. The van der Waals surface area contributed by atoms with Crippen molar-refractivity contribution in [2.75, 3.05) is 5.73 Å². The van der Waals surface area contributed by atoms with E-state index >= 15 is 0 Å². The van der Waals surface area contributed by atoms with Crippen molar-refractivity contribution in [1.82, 2.24) is 19.9 Å². The minimum Gasteiger partial charge on any atom is -0.368 e. The number of nitrogens with two attached hydrogens (primary N) is 1. The molecular formula is C12H14ClN5. The molecule has 0 aliphatic rings. The Morgan fingerprint density at radius 3 is 2.50 bits per heavy atom. The van der Waals surface area contributed by atoms with Crippen molar-refractivity contribution in [2.24, 2.45) is 0 Å². The summed E-state index contributed by atoms with van der Waals surface area (Å²) in [6.45, 7) is 6.02. The zero-order chi connectivity index (χ0) is 13.3. The number of anilines is 1. The van der Waals surface area contributed by atoms with Crippen LogP contribution in [0, 0.1) is 0 Å². The van der Waals surface area contributed by atoms with Crippen molar-refractivity contribution in [3.05, 3.63) is 29.2 Å². The summed E-state index contributed by atoms with van der Waals surface area (Å²) in [6, 6.07) is 3.49. The van der Waals surface area contributed by atoms with Crippen LogP contribution in [0.4, 0.5) is 5.95 Å². The monoisotopic (exact) mass is 263 g/mol. The SMILES string of the molecule is CC(C)(C)c1nc(N)nc(-c2ncccc2Cl)n1. The molecule has 0 aliphatic carbocycles. The lowest BCUT2D eigenvalue weighted by Gasteiger charge is -2.17. The maximum Gasteiger partial charge on any atom is 0.223 e. The van der Waals surface area contributed by atoms with Crippen LogP contribution < -0.4 is 5.73 Å². The van der Waals surface area contributed by atoms with Crippen LogP contribution in [0.3, 0.4) is 0 Å². The summed E-state index contributed by atoms with van der Waals surface area (Å²) in [6.07, 6.45) is 1.64. The molecule has 0 amide bonds. The molecule has 0 spiro atoms. The van der Waals surface area contributed by atoms with Crippen LogP contribution >= 0.6 is 11.6 Å². The number of nitrogens with zero attached hydrogens (tertiary/aromatic N) is 4. The molecule has 0 radical (unpaired) electrons. The van der Waals surface area contributed by atoms with E-state index in [-0.39, 0.29) is 11.4 Å². The van der Waals surface area contributed by atoms with Crippen LogP contribution in [-0.4, -0.2) is 19.9 Å². The van der Waals surface area contributed by atoms with Gasteiger partial charge in [0.25, 0.3) is 0 Å². The molecule has 0 bridgehead atoms. The summed E-state index contributed by atoms with van der Waals surface area (Å²) >= 11 is 6.07. The standard InChI is InChI=1S/C12H14ClN5/c1-12(2,3)10-16-9(17-11(14)18-10)8-7(13)5-4-6-15-8/h4-6H,1-3H3,(H2,14,16,17,18). The second-order valence-corrected chi connectivity index (χ2v) is 5.33. The van der Waals surface area contributed by atoms with Crippen molar-refractivity contribution in [3.63, 3.8) is 0 Å². The number of halogens is 1. The van der Waals surface area contributed by atoms with Crippen LogP contribution in [0.25, 0.3) is 11.5 Å². The van der Waals surface area contributed by atoms with Crippen molar-refractivity contribution in [1.29, 1.82) is 0 Å². The van der Waals surface area contributed by atoms with Crippen LogP contribution in [0.2, 0.25) is 5.02 Å². The number of rotatable bonds is 1. The largest absolute Gasteiger partial charge is 0.368 e. The molecule has 0 aliphatic heterocycles. The third-order valence-electron chi connectivity index (χ3n) is 2.29. The van der Waals surface area contributed by atoms with E-state index in [2.05, 4.69) is 19.9 Å². The zero-order valence-corrected chi connectivity index (χ0v) is 11.2. The molecule has 6 heteroatoms. The molecule has 0 saturated carbocycles. The molecule has 2 N–H and O–H groups in total. The normalized spacial score (nSPS) is 11.6. The van der Waals surface area contributed by atoms with E-state index in [1.165, 1.54) is 0 Å². The molecule has 0 atom stereocenters. The molecule has 0 saturated heterocycles. The van der Waals surface area contributed by atoms with E-state index in [0.717, 1.165) is 0 Å². The van der Waals surface area contributed by atoms with Crippen molar-refractivity contribution in [2.45, 2.75) is 26.2 Å². The average molecular weight is 264 g/mol. The molecule has 2 aromatic heterocycles. The smallest absolute Gasteiger partial charge is 0.223 e. The number of hydrogen-bond donors (Lipinski definition) is 1. The summed E-state index contributed by atoms with van der Waals surface area (Å²) in [5, 5.41) is 0.489. The lowest BCUT2D eigenvalue weighted by molar-refractivity contribution is 0.544. The van der Waals surface area contributed by atoms with Gasteiger partial charge in [-0.05, 0) is 12.1 Å². The van der Waals surface area contributed by atoms with Gasteiger partial charge in [0.2, 0.25) is 5.95 Å². The lowest BCUT2D eigenvalue weighted by Crippen LogP contribution is -2.18. The second kappa shape index (κ2) is 4.49. The fourth-order valence-electron chi connectivity index (χ4n) is 1.38. The minimum atomic E-state index is -0.215. The summed E-state index contributed by atoms with van der Waals surface area (Å²) in [7, 11) is 0. The molecule has 0 aromatic carbocycles. The Labute approximate surface area is 110 Å². The van der Waals surface area contributed by atoms with E-state index in [4.69, 9.17) is 17.3 Å². The fraction of sp³-hybridized carbons (Fsp3) is 0.333. The van der Waals surface area contributed by atoms with Crippen LogP contribution in [0.1, 0.15) is 26.6 Å². The molecule has 5 nitrogen and oxygen atoms in total. The van der Waals surface area contributed by atoms with Crippen LogP contribution in [0.5, 0.6) is 0 Å². The maximum absolute atomic E-state index is 6.07. The third kappa shape index (κ3) is 2.56. The number of nitrogen functional groups attached to an aromatic ring is 1. The van der Waals surface area contributed by atoms with Crippen molar-refractivity contribution < 1.29 is 0 Å². The molecule has 2 aromatic rings. The average Bonchev–Trinajstić information content (AvgIpc) is 2.27. The van der Waals surface area contributed by atoms with Crippen LogP contribution in [0.15, 0.2) is 18.3 Å². The van der Waals surface area contributed by atoms with E-state index in [9.17, 15) is 0 Å². The lowest BCUT2D eigenvalue weighted by atomic mass is 9.96. The highest BCUT2D eigenvalue weighted by atomic mass is 35.5. The molecule has 0 fully saturated rings. The third-order valence-corrected chi connectivity index (χ3v) is 2.60. The Bertz CT molecular complexity index is 577. The summed E-state index contributed by atoms with van der Waals surface area (Å²) < 4.78 is 0. The topological polar surface area (TPSA) is 77.6 Å². The second-order valence-electron chi connectivity index (χ2n) is 4.92. The Hall–Kier alpha value is -1.75. The van der Waals surface area contributed by atoms with Gasteiger partial charge in [-0.1, -0.05) is 32.4 Å². The molecule has 18 heavy (non-hydrogen) atoms. The Kier molecular flexibility index (Phi) is 3.17. The highest BCUT2D eigenvalue weighted by Crippen LogP contribution is 2.25. The molecular weight excluding hydrogens is 250 g/mol. The van der Waals surface area contributed by atoms with Gasteiger partial charge < -0.3 is 5.73 Å². The van der Waals surface area contributed by atoms with Gasteiger partial charge in [-0.2, -0.15) is 9.97 Å². The first-order valence-electron chi connectivity index (χ1n) is 5.51.